The first-order valence-corrected chi connectivity index (χ1v) is 17.6. The lowest BCUT2D eigenvalue weighted by atomic mass is 10.1. The molecule has 49 heavy (non-hydrogen) atoms. The number of anilines is 1. The molecule has 0 aliphatic heterocycles. The topological polar surface area (TPSA) is 87.9 Å². The molecular weight excluding hydrogens is 651 g/mol. The summed E-state index contributed by atoms with van der Waals surface area (Å²) < 4.78 is 16.0. The molecule has 0 saturated heterocycles. The van der Waals surface area contributed by atoms with E-state index in [2.05, 4.69) is 36.8 Å². The summed E-state index contributed by atoms with van der Waals surface area (Å²) in [4.78, 5) is 24.4. The highest BCUT2D eigenvalue weighted by atomic mass is 32.2. The average molecular weight is 688 g/mol. The summed E-state index contributed by atoms with van der Waals surface area (Å²) in [6.07, 6.45) is 3.90. The molecule has 0 fully saturated rings. The second-order valence-electron chi connectivity index (χ2n) is 10.4. The van der Waals surface area contributed by atoms with Crippen LogP contribution in [0.1, 0.15) is 40.7 Å². The Kier molecular flexibility index (Phi) is 15.0. The van der Waals surface area contributed by atoms with E-state index < -0.39 is 5.97 Å². The second kappa shape index (κ2) is 20.2. The quantitative estimate of drug-likeness (QED) is 0.0335. The molecule has 248 valence electrons. The highest BCUT2D eigenvalue weighted by Crippen LogP contribution is 2.24. The Morgan fingerprint density at radius 1 is 0.633 bits per heavy atom. The van der Waals surface area contributed by atoms with Crippen LogP contribution in [-0.2, 0) is 25.7 Å². The standard InChI is InChI=1S/C41H37NO5S2/c1-3-40(43)45-25-5-27-48-36-20-15-32(16-21-36)8-7-31-10-13-35(14-11-31)30-47-39-24-19-34(29-38(39)42)12-9-33-17-22-37(23-18-33)49-28-6-26-46-41(44)4-2/h3-4,10-11,13-24,29H,1-2,5-6,25-28,30,42H2. The summed E-state index contributed by atoms with van der Waals surface area (Å²) in [5.74, 6) is 14.3. The van der Waals surface area contributed by atoms with Gasteiger partial charge in [0.05, 0.1) is 18.9 Å². The molecule has 0 aromatic heterocycles. The van der Waals surface area contributed by atoms with Gasteiger partial charge in [0.15, 0.2) is 0 Å². The van der Waals surface area contributed by atoms with Crippen LogP contribution in [0.2, 0.25) is 0 Å². The fourth-order valence-electron chi connectivity index (χ4n) is 4.12. The minimum absolute atomic E-state index is 0.378. The van der Waals surface area contributed by atoms with Crippen LogP contribution < -0.4 is 10.5 Å². The van der Waals surface area contributed by atoms with Crippen molar-refractivity contribution in [3.8, 4) is 29.4 Å². The Bertz CT molecular complexity index is 1850. The third kappa shape index (κ3) is 13.4. The van der Waals surface area contributed by atoms with Gasteiger partial charge in [-0.3, -0.25) is 0 Å². The second-order valence-corrected chi connectivity index (χ2v) is 12.8. The molecule has 0 atom stereocenters. The van der Waals surface area contributed by atoms with E-state index in [0.717, 1.165) is 62.0 Å². The molecule has 0 aliphatic carbocycles. The Balaban J connectivity index is 1.20. The number of benzene rings is 4. The smallest absolute Gasteiger partial charge is 0.330 e. The lowest BCUT2D eigenvalue weighted by Gasteiger charge is -2.09. The number of hydrogen-bond acceptors (Lipinski definition) is 8. The minimum Gasteiger partial charge on any atom is -0.487 e. The van der Waals surface area contributed by atoms with Crippen LogP contribution in [0.3, 0.4) is 0 Å². The first-order chi connectivity index (χ1) is 23.9. The van der Waals surface area contributed by atoms with Gasteiger partial charge in [-0.25, -0.2) is 9.59 Å². The van der Waals surface area contributed by atoms with E-state index >= 15 is 0 Å². The Morgan fingerprint density at radius 3 is 1.51 bits per heavy atom. The van der Waals surface area contributed by atoms with E-state index in [0.29, 0.717) is 31.3 Å². The average Bonchev–Trinajstić information content (AvgIpc) is 3.13. The van der Waals surface area contributed by atoms with Gasteiger partial charge in [0, 0.05) is 55.7 Å². The fraction of sp³-hybridized carbons (Fsp3) is 0.171. The minimum atomic E-state index is -0.392. The van der Waals surface area contributed by atoms with Gasteiger partial charge in [0.25, 0.3) is 0 Å². The zero-order valence-corrected chi connectivity index (χ0v) is 28.7. The van der Waals surface area contributed by atoms with Crippen LogP contribution in [-0.4, -0.2) is 36.7 Å². The van der Waals surface area contributed by atoms with Crippen LogP contribution >= 0.6 is 23.5 Å². The van der Waals surface area contributed by atoms with Crippen molar-refractivity contribution in [1.29, 1.82) is 0 Å². The number of carbonyl (C=O) groups excluding carboxylic acids is 2. The molecular formula is C41H37NO5S2. The summed E-state index contributed by atoms with van der Waals surface area (Å²) in [6, 6.07) is 29.7. The summed E-state index contributed by atoms with van der Waals surface area (Å²) in [7, 11) is 0. The maximum Gasteiger partial charge on any atom is 0.330 e. The zero-order chi connectivity index (χ0) is 34.7. The lowest BCUT2D eigenvalue weighted by molar-refractivity contribution is -0.138. The van der Waals surface area contributed by atoms with E-state index in [1.54, 1.807) is 23.5 Å². The summed E-state index contributed by atoms with van der Waals surface area (Å²) in [5.41, 5.74) is 11.4. The van der Waals surface area contributed by atoms with Crippen molar-refractivity contribution in [2.75, 3.05) is 30.5 Å². The van der Waals surface area contributed by atoms with E-state index in [1.165, 1.54) is 12.2 Å². The number of thioether (sulfide) groups is 2. The monoisotopic (exact) mass is 687 g/mol. The number of nitrogens with two attached hydrogens (primary N) is 1. The molecule has 8 heteroatoms. The maximum atomic E-state index is 11.1. The third-order valence-electron chi connectivity index (χ3n) is 6.71. The maximum absolute atomic E-state index is 11.1. The Labute approximate surface area is 297 Å². The lowest BCUT2D eigenvalue weighted by Crippen LogP contribution is -2.02. The van der Waals surface area contributed by atoms with Crippen molar-refractivity contribution in [2.24, 2.45) is 0 Å². The molecule has 4 rings (SSSR count). The van der Waals surface area contributed by atoms with Crippen LogP contribution in [0.4, 0.5) is 5.69 Å². The van der Waals surface area contributed by atoms with Gasteiger partial charge in [-0.05, 0) is 97.3 Å². The van der Waals surface area contributed by atoms with Crippen molar-refractivity contribution in [2.45, 2.75) is 29.2 Å². The zero-order valence-electron chi connectivity index (χ0n) is 27.1. The van der Waals surface area contributed by atoms with E-state index in [-0.39, 0.29) is 5.97 Å². The largest absolute Gasteiger partial charge is 0.487 e. The molecule has 0 spiro atoms. The first-order valence-electron chi connectivity index (χ1n) is 15.6. The van der Waals surface area contributed by atoms with Gasteiger partial charge in [-0.15, -0.1) is 23.5 Å². The fourth-order valence-corrected chi connectivity index (χ4v) is 5.77. The van der Waals surface area contributed by atoms with Gasteiger partial charge < -0.3 is 19.9 Å². The SMILES string of the molecule is C=CC(=O)OCCCSc1ccc(C#Cc2ccc(COc3ccc(C#Cc4ccc(SCCCOC(=O)C=C)cc4)cc3N)cc2)cc1. The van der Waals surface area contributed by atoms with Crippen LogP contribution in [0.5, 0.6) is 5.75 Å². The number of carbonyl (C=O) groups is 2. The van der Waals surface area contributed by atoms with E-state index in [9.17, 15) is 9.59 Å². The summed E-state index contributed by atoms with van der Waals surface area (Å²) >= 11 is 3.41. The Hall–Kier alpha value is -5.28. The predicted molar refractivity (Wildman–Crippen MR) is 199 cm³/mol. The normalized spacial score (nSPS) is 10.0. The number of esters is 2. The number of hydrogen-bond donors (Lipinski definition) is 1. The highest BCUT2D eigenvalue weighted by molar-refractivity contribution is 7.99. The number of ether oxygens (including phenoxy) is 3. The van der Waals surface area contributed by atoms with Crippen molar-refractivity contribution in [3.63, 3.8) is 0 Å². The third-order valence-corrected chi connectivity index (χ3v) is 8.90. The summed E-state index contributed by atoms with van der Waals surface area (Å²) in [6.45, 7) is 7.93. The molecule has 0 unspecified atom stereocenters. The van der Waals surface area contributed by atoms with Gasteiger partial charge in [0.1, 0.15) is 12.4 Å². The molecule has 4 aromatic rings. The molecule has 0 heterocycles. The van der Waals surface area contributed by atoms with Gasteiger partial charge in [-0.2, -0.15) is 0 Å². The van der Waals surface area contributed by atoms with Gasteiger partial charge >= 0.3 is 11.9 Å². The van der Waals surface area contributed by atoms with Crippen molar-refractivity contribution in [3.05, 3.63) is 144 Å². The van der Waals surface area contributed by atoms with E-state index in [4.69, 9.17) is 19.9 Å². The van der Waals surface area contributed by atoms with Crippen LogP contribution in [0.25, 0.3) is 0 Å². The Morgan fingerprint density at radius 2 is 1.06 bits per heavy atom. The number of nitrogen functional groups attached to an aromatic ring is 1. The molecule has 0 saturated carbocycles. The van der Waals surface area contributed by atoms with Crippen LogP contribution in [0.15, 0.2) is 126 Å². The molecule has 2 N–H and O–H groups in total. The molecule has 4 aromatic carbocycles. The van der Waals surface area contributed by atoms with Gasteiger partial charge in [-0.1, -0.05) is 49.0 Å². The van der Waals surface area contributed by atoms with E-state index in [1.807, 2.05) is 91.0 Å². The molecule has 0 bridgehead atoms. The first kappa shape index (κ1) is 36.6. The molecule has 0 amide bonds. The molecule has 0 radical (unpaired) electrons. The summed E-state index contributed by atoms with van der Waals surface area (Å²) in [5, 5.41) is 0. The molecule has 6 nitrogen and oxygen atoms in total. The van der Waals surface area contributed by atoms with Crippen molar-refractivity contribution >= 4 is 41.1 Å². The van der Waals surface area contributed by atoms with Gasteiger partial charge in [0.2, 0.25) is 0 Å². The van der Waals surface area contributed by atoms with Crippen LogP contribution in [0, 0.1) is 23.7 Å². The highest BCUT2D eigenvalue weighted by Gasteiger charge is 2.03. The van der Waals surface area contributed by atoms with Crippen molar-refractivity contribution < 1.29 is 23.8 Å². The predicted octanol–water partition coefficient (Wildman–Crippen LogP) is 8.07. The molecule has 0 aliphatic rings. The number of rotatable bonds is 15. The van der Waals surface area contributed by atoms with Crippen molar-refractivity contribution in [1.82, 2.24) is 0 Å².